The van der Waals surface area contributed by atoms with Gasteiger partial charge in [0, 0.05) is 16.5 Å². The third-order valence-electron chi connectivity index (χ3n) is 3.47. The minimum Gasteiger partial charge on any atom is -0.388 e. The highest BCUT2D eigenvalue weighted by molar-refractivity contribution is 7.13. The zero-order valence-corrected chi connectivity index (χ0v) is 16.2. The highest BCUT2D eigenvalue weighted by atomic mass is 32.1. The van der Waals surface area contributed by atoms with Gasteiger partial charge in [0.2, 0.25) is 5.91 Å². The molecule has 6 heteroatoms. The van der Waals surface area contributed by atoms with Crippen molar-refractivity contribution < 1.29 is 29.1 Å². The number of hydrogen-bond donors (Lipinski definition) is 3. The molecule has 2 aromatic carbocycles. The Labute approximate surface area is 195 Å². The van der Waals surface area contributed by atoms with Crippen LogP contribution in [0.2, 0.25) is 0 Å². The summed E-state index contributed by atoms with van der Waals surface area (Å²) in [5.74, 6) is -0.854. The highest BCUT2D eigenvalue weighted by Crippen LogP contribution is 2.21. The second-order valence-corrected chi connectivity index (χ2v) is 6.65. The Kier molecular flexibility index (Phi) is 3.30. The van der Waals surface area contributed by atoms with Gasteiger partial charge < -0.3 is 16.2 Å². The maximum atomic E-state index is 12.5. The first-order chi connectivity index (χ1) is 19.6. The third-order valence-corrected chi connectivity index (χ3v) is 4.11. The summed E-state index contributed by atoms with van der Waals surface area (Å²) >= 11 is 0.823. The number of nitrogens with two attached hydrogens (primary N) is 1. The molecule has 1 aromatic heterocycles. The molecule has 29 heavy (non-hydrogen) atoms. The molecule has 0 aliphatic carbocycles. The van der Waals surface area contributed by atoms with Crippen molar-refractivity contribution in [3.63, 3.8) is 0 Å². The summed E-state index contributed by atoms with van der Waals surface area (Å²) in [5, 5.41) is 13.0. The Morgan fingerprint density at radius 2 is 2.17 bits per heavy atom. The van der Waals surface area contributed by atoms with E-state index >= 15 is 0 Å². The zero-order chi connectivity index (χ0) is 33.0. The van der Waals surface area contributed by atoms with Gasteiger partial charge in [0.05, 0.1) is 31.9 Å². The van der Waals surface area contributed by atoms with Crippen LogP contribution in [0.1, 0.15) is 66.9 Å². The maximum absolute atomic E-state index is 12.5. The smallest absolute Gasteiger partial charge is 0.230 e. The van der Waals surface area contributed by atoms with Crippen molar-refractivity contribution in [1.29, 1.82) is 0 Å². The van der Waals surface area contributed by atoms with Crippen LogP contribution in [-0.4, -0.2) is 16.0 Å². The molecule has 0 fully saturated rings. The van der Waals surface area contributed by atoms with Gasteiger partial charge in [0.25, 0.3) is 0 Å². The van der Waals surface area contributed by atoms with Gasteiger partial charge in [-0.05, 0) is 49.3 Å². The third kappa shape index (κ3) is 6.69. The molecule has 0 bridgehead atoms. The van der Waals surface area contributed by atoms with Gasteiger partial charge in [0.15, 0.2) is 5.13 Å². The summed E-state index contributed by atoms with van der Waals surface area (Å²) < 4.78 is 115. The number of hydrogen-bond acceptors (Lipinski definition) is 5. The predicted octanol–water partition coefficient (Wildman–Crippen LogP) is 4.66. The minimum absolute atomic E-state index is 0.0191. The molecule has 3 aromatic rings. The molecule has 4 N–H and O–H groups in total. The second kappa shape index (κ2) is 10.2. The molecule has 0 saturated carbocycles. The van der Waals surface area contributed by atoms with Crippen molar-refractivity contribution >= 4 is 28.1 Å². The lowest BCUT2D eigenvalue weighted by Crippen LogP contribution is -2.14. The SMILES string of the molecule is [2H]c1sc(N)nc1CC(=O)Nc1c([2H])c([2H])c(C([2H])([2H])C([2H])([2H])CC[C@]([2H])(O)c2c([2H])c([2H])c([2H])c(C)c2[2H])c([2H])c1[2H]. The Morgan fingerprint density at radius 3 is 2.90 bits per heavy atom. The number of thiazole rings is 1. The topological polar surface area (TPSA) is 88.2 Å². The van der Waals surface area contributed by atoms with Gasteiger partial charge in [-0.2, -0.15) is 0 Å². The molecule has 5 nitrogen and oxygen atoms in total. The highest BCUT2D eigenvalue weighted by Gasteiger charge is 2.08. The average molecular weight is 424 g/mol. The number of carbonyl (C=O) groups is 1. The van der Waals surface area contributed by atoms with Crippen LogP contribution in [0.5, 0.6) is 0 Å². The van der Waals surface area contributed by atoms with E-state index in [-0.39, 0.29) is 21.7 Å². The van der Waals surface area contributed by atoms with E-state index in [1.54, 1.807) is 0 Å². The number of rotatable bonds is 9. The van der Waals surface area contributed by atoms with Crippen LogP contribution in [0, 0.1) is 6.92 Å². The quantitative estimate of drug-likeness (QED) is 0.467. The molecule has 1 amide bonds. The summed E-state index contributed by atoms with van der Waals surface area (Å²) in [6.07, 6.45) is -11.5. The van der Waals surface area contributed by atoms with Crippen LogP contribution in [0.4, 0.5) is 10.8 Å². The van der Waals surface area contributed by atoms with Crippen LogP contribution in [0.25, 0.3) is 0 Å². The molecule has 152 valence electrons. The van der Waals surface area contributed by atoms with Gasteiger partial charge in [-0.1, -0.05) is 48.2 Å². The van der Waals surface area contributed by atoms with Crippen LogP contribution in [0.3, 0.4) is 0 Å². The summed E-state index contributed by atoms with van der Waals surface area (Å²) in [4.78, 5) is 16.4. The minimum atomic E-state index is -3.25. The van der Waals surface area contributed by atoms with Crippen molar-refractivity contribution in [2.75, 3.05) is 11.1 Å². The summed E-state index contributed by atoms with van der Waals surface area (Å²) in [6.45, 7) is 1.29. The number of carbonyl (C=O) groups excluding carboxylic acids is 1. The van der Waals surface area contributed by atoms with Gasteiger partial charge in [-0.3, -0.25) is 4.79 Å². The molecule has 0 aliphatic rings. The lowest BCUT2D eigenvalue weighted by molar-refractivity contribution is -0.115. The van der Waals surface area contributed by atoms with Crippen LogP contribution >= 0.6 is 11.3 Å². The molecular weight excluding hydrogens is 382 g/mol. The standard InChI is InChI=1S/C23H27N3O2S/c1-16-5-4-7-18(13-16)21(27)8-3-2-6-17-9-11-19(12-10-17)25-22(28)14-20-15-29-23(24)26-20/h4-5,7,9-13,15,21,27H,2-3,6,8,14H2,1H3,(H2,24,26)(H,25,28)/t21-/m0/s1/i2D2,4D,5D,6D2,7D,9D,10D,11D,12D,13D,15D,21D. The van der Waals surface area contributed by atoms with E-state index in [1.165, 1.54) is 6.92 Å². The van der Waals surface area contributed by atoms with Crippen molar-refractivity contribution in [3.8, 4) is 0 Å². The second-order valence-electron chi connectivity index (χ2n) is 5.82. The molecule has 0 spiro atoms. The van der Waals surface area contributed by atoms with E-state index in [1.807, 2.05) is 0 Å². The first-order valence-electron chi connectivity index (χ1n) is 15.5. The number of aromatic nitrogens is 1. The number of amides is 1. The maximum Gasteiger partial charge on any atom is 0.230 e. The van der Waals surface area contributed by atoms with Crippen molar-refractivity contribution in [1.82, 2.24) is 4.98 Å². The molecule has 0 saturated heterocycles. The number of benzene rings is 2. The fourth-order valence-electron chi connectivity index (χ4n) is 2.18. The lowest BCUT2D eigenvalue weighted by atomic mass is 10.00. The fraction of sp³-hybridized carbons (Fsp3) is 0.304. The predicted molar refractivity (Wildman–Crippen MR) is 119 cm³/mol. The zero-order valence-electron chi connectivity index (χ0n) is 29.4. The summed E-state index contributed by atoms with van der Waals surface area (Å²) in [6, 6.07) is -6.19. The van der Waals surface area contributed by atoms with E-state index < -0.39 is 109 Å². The van der Waals surface area contributed by atoms with Crippen LogP contribution in [0.15, 0.2) is 53.7 Å². The number of nitrogen functional groups attached to an aromatic ring is 1. The van der Waals surface area contributed by atoms with Crippen molar-refractivity contribution in [2.24, 2.45) is 0 Å². The van der Waals surface area contributed by atoms with Crippen LogP contribution in [-0.2, 0) is 17.6 Å². The first-order valence-corrected chi connectivity index (χ1v) is 9.30. The fourth-order valence-corrected chi connectivity index (χ4v) is 2.67. The molecule has 1 atom stereocenters. The Bertz CT molecular complexity index is 1550. The molecule has 1 heterocycles. The van der Waals surface area contributed by atoms with E-state index in [0.717, 1.165) is 11.3 Å². The van der Waals surface area contributed by atoms with Gasteiger partial charge in [-0.25, -0.2) is 4.98 Å². The van der Waals surface area contributed by atoms with E-state index in [4.69, 9.17) is 24.9 Å². The summed E-state index contributed by atoms with van der Waals surface area (Å²) in [5.41, 5.74) is 3.19. The summed E-state index contributed by atoms with van der Waals surface area (Å²) in [7, 11) is 0. The molecule has 3 rings (SSSR count). The van der Waals surface area contributed by atoms with Crippen molar-refractivity contribution in [3.05, 3.63) is 76.1 Å². The molecule has 0 radical (unpaired) electrons. The monoisotopic (exact) mass is 423 g/mol. The number of anilines is 2. The number of nitrogens with zero attached hydrogens (tertiary/aromatic N) is 1. The number of aliphatic hydroxyl groups is 1. The van der Waals surface area contributed by atoms with Gasteiger partial charge in [-0.15, -0.1) is 11.3 Å². The van der Waals surface area contributed by atoms with Crippen LogP contribution < -0.4 is 11.1 Å². The van der Waals surface area contributed by atoms with Gasteiger partial charge in [0.1, 0.15) is 0 Å². The van der Waals surface area contributed by atoms with E-state index in [2.05, 4.69) is 10.3 Å². The molecule has 0 aliphatic heterocycles. The lowest BCUT2D eigenvalue weighted by Gasteiger charge is -2.11. The Hall–Kier alpha value is -2.70. The number of nitrogens with one attached hydrogen (secondary N) is 1. The van der Waals surface area contributed by atoms with E-state index in [9.17, 15) is 9.90 Å². The van der Waals surface area contributed by atoms with E-state index in [0.29, 0.717) is 0 Å². The largest absolute Gasteiger partial charge is 0.388 e. The average Bonchev–Trinajstić information content (AvgIpc) is 3.22. The first kappa shape index (κ1) is 9.41. The molecular formula is C23H27N3O2S. The Morgan fingerprint density at radius 1 is 1.38 bits per heavy atom. The normalized spacial score (nSPS) is 20.9. The Balaban J connectivity index is 1.95. The van der Waals surface area contributed by atoms with Gasteiger partial charge >= 0.3 is 0 Å². The van der Waals surface area contributed by atoms with Crippen molar-refractivity contribution in [2.45, 2.75) is 45.0 Å². The molecule has 0 unspecified atom stereocenters.